The van der Waals surface area contributed by atoms with E-state index in [0.717, 1.165) is 0 Å². The van der Waals surface area contributed by atoms with Crippen LogP contribution < -0.4 is 0 Å². The lowest BCUT2D eigenvalue weighted by Crippen LogP contribution is -2.03. The Hall–Kier alpha value is -2.80. The van der Waals surface area contributed by atoms with Crippen molar-refractivity contribution in [2.24, 2.45) is 0 Å². The first-order valence-corrected chi connectivity index (χ1v) is 7.59. The van der Waals surface area contributed by atoms with Gasteiger partial charge in [0.15, 0.2) is 0 Å². The quantitative estimate of drug-likeness (QED) is 0.522. The number of benzene rings is 3. The Kier molecular flexibility index (Phi) is 3.24. The number of aromatic amines is 1. The average molecular weight is 283 g/mol. The van der Waals surface area contributed by atoms with Crippen LogP contribution in [0.3, 0.4) is 0 Å². The van der Waals surface area contributed by atoms with Crippen LogP contribution in [0.4, 0.5) is 0 Å². The molecule has 1 N–H and O–H groups in total. The highest BCUT2D eigenvalue weighted by atomic mass is 14.7. The molecule has 4 rings (SSSR count). The van der Waals surface area contributed by atoms with Gasteiger partial charge in [-0.15, -0.1) is 0 Å². The highest BCUT2D eigenvalue weighted by Crippen LogP contribution is 2.32. The highest BCUT2D eigenvalue weighted by molar-refractivity contribution is 5.80. The van der Waals surface area contributed by atoms with Crippen LogP contribution >= 0.6 is 0 Å². The van der Waals surface area contributed by atoms with Crippen LogP contribution in [0.25, 0.3) is 10.9 Å². The summed E-state index contributed by atoms with van der Waals surface area (Å²) in [4.78, 5) is 3.59. The van der Waals surface area contributed by atoms with Gasteiger partial charge in [-0.25, -0.2) is 0 Å². The summed E-state index contributed by atoms with van der Waals surface area (Å²) in [6.45, 7) is 0. The maximum atomic E-state index is 3.59. The van der Waals surface area contributed by atoms with E-state index in [1.165, 1.54) is 27.7 Å². The van der Waals surface area contributed by atoms with Gasteiger partial charge in [-0.05, 0) is 28.6 Å². The molecule has 0 unspecified atom stereocenters. The largest absolute Gasteiger partial charge is 0.358 e. The van der Waals surface area contributed by atoms with E-state index in [-0.39, 0.29) is 5.92 Å². The summed E-state index contributed by atoms with van der Waals surface area (Å²) < 4.78 is 0. The molecule has 1 heteroatoms. The fourth-order valence-electron chi connectivity index (χ4n) is 3.09. The van der Waals surface area contributed by atoms with E-state index >= 15 is 0 Å². The molecule has 0 saturated heterocycles. The predicted octanol–water partition coefficient (Wildman–Crippen LogP) is 5.35. The third-order valence-electron chi connectivity index (χ3n) is 4.13. The molecule has 0 aliphatic heterocycles. The van der Waals surface area contributed by atoms with Crippen LogP contribution in [-0.4, -0.2) is 4.98 Å². The molecular formula is C21H17N. The number of H-pyrrole nitrogens is 1. The molecule has 0 aliphatic rings. The minimum atomic E-state index is 0.231. The molecule has 1 nitrogen and oxygen atoms in total. The minimum absolute atomic E-state index is 0.231. The molecule has 0 atom stereocenters. The summed E-state index contributed by atoms with van der Waals surface area (Å²) in [7, 11) is 0. The van der Waals surface area contributed by atoms with Crippen molar-refractivity contribution in [1.82, 2.24) is 4.98 Å². The van der Waals surface area contributed by atoms with Crippen molar-refractivity contribution in [3.63, 3.8) is 0 Å². The fourth-order valence-corrected chi connectivity index (χ4v) is 3.09. The second-order valence-electron chi connectivity index (χ2n) is 5.57. The van der Waals surface area contributed by atoms with Crippen LogP contribution in [0.5, 0.6) is 0 Å². The first-order chi connectivity index (χ1) is 10.9. The van der Waals surface area contributed by atoms with E-state index in [1.54, 1.807) is 0 Å². The number of aromatic nitrogens is 1. The van der Waals surface area contributed by atoms with E-state index in [0.29, 0.717) is 0 Å². The molecule has 106 valence electrons. The first kappa shape index (κ1) is 12.9. The maximum absolute atomic E-state index is 3.59. The standard InChI is InChI=1S/C21H17N/c1-3-9-16(10-4-1)21(17-11-5-2-6-12-17)20-15-18-13-7-8-14-19(18)22-20/h1-15,21-22H. The number of hydrogen-bond donors (Lipinski definition) is 1. The third-order valence-corrected chi connectivity index (χ3v) is 4.13. The molecular weight excluding hydrogens is 266 g/mol. The zero-order valence-corrected chi connectivity index (χ0v) is 12.2. The zero-order valence-electron chi connectivity index (χ0n) is 12.2. The molecule has 22 heavy (non-hydrogen) atoms. The van der Waals surface area contributed by atoms with Gasteiger partial charge in [0.2, 0.25) is 0 Å². The van der Waals surface area contributed by atoms with Gasteiger partial charge in [-0.1, -0.05) is 78.9 Å². The van der Waals surface area contributed by atoms with Crippen molar-refractivity contribution >= 4 is 10.9 Å². The molecule has 1 aromatic heterocycles. The highest BCUT2D eigenvalue weighted by Gasteiger charge is 2.18. The van der Waals surface area contributed by atoms with Crippen molar-refractivity contribution in [2.75, 3.05) is 0 Å². The first-order valence-electron chi connectivity index (χ1n) is 7.59. The molecule has 0 amide bonds. The molecule has 3 aromatic carbocycles. The summed E-state index contributed by atoms with van der Waals surface area (Å²) in [6.07, 6.45) is 0. The molecule has 0 radical (unpaired) electrons. The van der Waals surface area contributed by atoms with Crippen molar-refractivity contribution < 1.29 is 0 Å². The Balaban J connectivity index is 1.90. The van der Waals surface area contributed by atoms with Crippen LogP contribution in [-0.2, 0) is 0 Å². The van der Waals surface area contributed by atoms with Crippen molar-refractivity contribution in [3.8, 4) is 0 Å². The molecule has 4 aromatic rings. The summed E-state index contributed by atoms with van der Waals surface area (Å²) in [5.41, 5.74) is 5.04. The van der Waals surface area contributed by atoms with Crippen molar-refractivity contribution in [2.45, 2.75) is 5.92 Å². The van der Waals surface area contributed by atoms with Gasteiger partial charge in [-0.3, -0.25) is 0 Å². The predicted molar refractivity (Wildman–Crippen MR) is 92.1 cm³/mol. The third kappa shape index (κ3) is 2.31. The lowest BCUT2D eigenvalue weighted by molar-refractivity contribution is 0.939. The summed E-state index contributed by atoms with van der Waals surface area (Å²) in [5.74, 6) is 0.231. The molecule has 0 saturated carbocycles. The van der Waals surface area contributed by atoms with Crippen LogP contribution in [0.1, 0.15) is 22.7 Å². The zero-order chi connectivity index (χ0) is 14.8. The normalized spacial score (nSPS) is 11.1. The topological polar surface area (TPSA) is 15.8 Å². The maximum Gasteiger partial charge on any atom is 0.0491 e. The number of fused-ring (bicyclic) bond motifs is 1. The van der Waals surface area contributed by atoms with Crippen molar-refractivity contribution in [3.05, 3.63) is 108 Å². The molecule has 0 bridgehead atoms. The Morgan fingerprint density at radius 3 is 1.73 bits per heavy atom. The summed E-state index contributed by atoms with van der Waals surface area (Å²) in [6, 6.07) is 32.0. The van der Waals surface area contributed by atoms with Crippen LogP contribution in [0, 0.1) is 0 Å². The number of para-hydroxylation sites is 1. The van der Waals surface area contributed by atoms with Gasteiger partial charge in [0.1, 0.15) is 0 Å². The number of nitrogens with one attached hydrogen (secondary N) is 1. The number of rotatable bonds is 3. The summed E-state index contributed by atoms with van der Waals surface area (Å²) >= 11 is 0. The van der Waals surface area contributed by atoms with E-state index < -0.39 is 0 Å². The monoisotopic (exact) mass is 283 g/mol. The second-order valence-corrected chi connectivity index (χ2v) is 5.57. The van der Waals surface area contributed by atoms with Crippen LogP contribution in [0.15, 0.2) is 91.0 Å². The van der Waals surface area contributed by atoms with Gasteiger partial charge >= 0.3 is 0 Å². The SMILES string of the molecule is c1ccc(C(c2ccccc2)c2cc3ccccc3[nH]2)cc1. The lowest BCUT2D eigenvalue weighted by Gasteiger charge is -2.17. The van der Waals surface area contributed by atoms with Gasteiger partial charge in [0.05, 0.1) is 0 Å². The molecule has 1 heterocycles. The lowest BCUT2D eigenvalue weighted by atomic mass is 9.88. The Morgan fingerprint density at radius 1 is 0.591 bits per heavy atom. The van der Waals surface area contributed by atoms with E-state index in [4.69, 9.17) is 0 Å². The number of hydrogen-bond acceptors (Lipinski definition) is 0. The van der Waals surface area contributed by atoms with Gasteiger partial charge in [0.25, 0.3) is 0 Å². The molecule has 0 spiro atoms. The summed E-state index contributed by atoms with van der Waals surface area (Å²) in [5, 5.41) is 1.26. The Bertz CT molecular complexity index is 803. The average Bonchev–Trinajstić information content (AvgIpc) is 3.00. The molecule has 0 fully saturated rings. The molecule has 0 aliphatic carbocycles. The fraction of sp³-hybridized carbons (Fsp3) is 0.0476. The van der Waals surface area contributed by atoms with E-state index in [1.807, 2.05) is 0 Å². The van der Waals surface area contributed by atoms with E-state index in [2.05, 4.69) is 96.0 Å². The second kappa shape index (κ2) is 5.53. The van der Waals surface area contributed by atoms with Crippen LogP contribution in [0.2, 0.25) is 0 Å². The van der Waals surface area contributed by atoms with Gasteiger partial charge < -0.3 is 4.98 Å². The smallest absolute Gasteiger partial charge is 0.0491 e. The minimum Gasteiger partial charge on any atom is -0.358 e. The Morgan fingerprint density at radius 2 is 1.14 bits per heavy atom. The van der Waals surface area contributed by atoms with E-state index in [9.17, 15) is 0 Å². The van der Waals surface area contributed by atoms with Gasteiger partial charge in [0, 0.05) is 17.1 Å². The van der Waals surface area contributed by atoms with Gasteiger partial charge in [-0.2, -0.15) is 0 Å². The Labute approximate surface area is 130 Å². The van der Waals surface area contributed by atoms with Crippen molar-refractivity contribution in [1.29, 1.82) is 0 Å².